The molecule has 3 heteroatoms. The van der Waals surface area contributed by atoms with Gasteiger partial charge in [0.15, 0.2) is 0 Å². The summed E-state index contributed by atoms with van der Waals surface area (Å²) in [4.78, 5) is 11.3. The van der Waals surface area contributed by atoms with Gasteiger partial charge in [-0.3, -0.25) is 4.79 Å². The molecule has 0 aromatic heterocycles. The van der Waals surface area contributed by atoms with Crippen molar-refractivity contribution in [3.63, 3.8) is 0 Å². The summed E-state index contributed by atoms with van der Waals surface area (Å²) in [5.74, 6) is 0.220. The normalized spacial score (nSPS) is 10.3. The van der Waals surface area contributed by atoms with Crippen molar-refractivity contribution < 1.29 is 4.79 Å². The highest BCUT2D eigenvalue weighted by atomic mass is 16.1. The van der Waals surface area contributed by atoms with Gasteiger partial charge in [0.25, 0.3) is 0 Å². The summed E-state index contributed by atoms with van der Waals surface area (Å²) < 4.78 is 0. The Hall–Kier alpha value is -0.570. The van der Waals surface area contributed by atoms with Crippen LogP contribution in [0.15, 0.2) is 0 Å². The van der Waals surface area contributed by atoms with Gasteiger partial charge in [0, 0.05) is 13.0 Å². The minimum absolute atomic E-state index is 0.220. The third-order valence-corrected chi connectivity index (χ3v) is 2.43. The minimum Gasteiger partial charge on any atom is -0.356 e. The van der Waals surface area contributed by atoms with Crippen LogP contribution in [0.5, 0.6) is 0 Å². The lowest BCUT2D eigenvalue weighted by atomic mass is 10.1. The molecule has 0 aliphatic rings. The molecule has 0 atom stereocenters. The highest BCUT2D eigenvalue weighted by molar-refractivity contribution is 5.75. The van der Waals surface area contributed by atoms with Crippen LogP contribution in [0.3, 0.4) is 0 Å². The molecule has 90 valence electrons. The highest BCUT2D eigenvalue weighted by Crippen LogP contribution is 2.02. The maximum atomic E-state index is 11.3. The van der Waals surface area contributed by atoms with E-state index in [1.165, 1.54) is 19.3 Å². The van der Waals surface area contributed by atoms with Gasteiger partial charge in [-0.15, -0.1) is 0 Å². The Morgan fingerprint density at radius 2 is 1.73 bits per heavy atom. The van der Waals surface area contributed by atoms with Crippen molar-refractivity contribution in [2.24, 2.45) is 0 Å². The molecule has 1 amide bonds. The summed E-state index contributed by atoms with van der Waals surface area (Å²) in [6, 6.07) is 0. The van der Waals surface area contributed by atoms with E-state index in [4.69, 9.17) is 0 Å². The third-order valence-electron chi connectivity index (χ3n) is 2.43. The zero-order valence-corrected chi connectivity index (χ0v) is 10.3. The van der Waals surface area contributed by atoms with Crippen molar-refractivity contribution in [3.8, 4) is 0 Å². The molecule has 2 N–H and O–H groups in total. The molecule has 0 saturated heterocycles. The highest BCUT2D eigenvalue weighted by Gasteiger charge is 1.99. The van der Waals surface area contributed by atoms with E-state index in [-0.39, 0.29) is 5.91 Å². The number of rotatable bonds is 10. The van der Waals surface area contributed by atoms with Crippen LogP contribution in [0, 0.1) is 0 Å². The number of nitrogens with one attached hydrogen (secondary N) is 2. The number of carbonyl (C=O) groups excluding carboxylic acids is 1. The first-order valence-electron chi connectivity index (χ1n) is 6.22. The molecule has 0 aliphatic carbocycles. The van der Waals surface area contributed by atoms with Crippen LogP contribution in [-0.4, -0.2) is 26.0 Å². The van der Waals surface area contributed by atoms with Crippen LogP contribution in [0.25, 0.3) is 0 Å². The molecule has 15 heavy (non-hydrogen) atoms. The van der Waals surface area contributed by atoms with Crippen LogP contribution < -0.4 is 10.6 Å². The molecule has 3 nitrogen and oxygen atoms in total. The monoisotopic (exact) mass is 214 g/mol. The standard InChI is InChI=1S/C12H26N2O/c1-3-4-11-14-12(15)9-7-5-6-8-10-13-2/h13H,3-11H2,1-2H3,(H,14,15). The zero-order chi connectivity index (χ0) is 11.4. The number of carbonyl (C=O) groups is 1. The maximum Gasteiger partial charge on any atom is 0.219 e. The fourth-order valence-corrected chi connectivity index (χ4v) is 1.43. The molecule has 0 rings (SSSR count). The van der Waals surface area contributed by atoms with E-state index in [1.807, 2.05) is 7.05 Å². The molecule has 0 bridgehead atoms. The molecular weight excluding hydrogens is 188 g/mol. The van der Waals surface area contributed by atoms with Gasteiger partial charge in [0.1, 0.15) is 0 Å². The van der Waals surface area contributed by atoms with Crippen LogP contribution in [0.1, 0.15) is 51.9 Å². The average Bonchev–Trinajstić information content (AvgIpc) is 2.23. The van der Waals surface area contributed by atoms with Gasteiger partial charge in [-0.05, 0) is 32.9 Å². The van der Waals surface area contributed by atoms with Crippen LogP contribution in [0.4, 0.5) is 0 Å². The topological polar surface area (TPSA) is 41.1 Å². The van der Waals surface area contributed by atoms with E-state index in [2.05, 4.69) is 17.6 Å². The minimum atomic E-state index is 0.220. The summed E-state index contributed by atoms with van der Waals surface area (Å²) >= 11 is 0. The molecule has 0 fully saturated rings. The zero-order valence-electron chi connectivity index (χ0n) is 10.3. The second-order valence-electron chi connectivity index (χ2n) is 3.97. The largest absolute Gasteiger partial charge is 0.356 e. The van der Waals surface area contributed by atoms with Gasteiger partial charge >= 0.3 is 0 Å². The maximum absolute atomic E-state index is 11.3. The first-order valence-corrected chi connectivity index (χ1v) is 6.22. The molecule has 0 aliphatic heterocycles. The Kier molecular flexibility index (Phi) is 11.1. The molecule has 0 aromatic carbocycles. The third kappa shape index (κ3) is 11.4. The first kappa shape index (κ1) is 14.4. The van der Waals surface area contributed by atoms with E-state index in [0.29, 0.717) is 6.42 Å². The van der Waals surface area contributed by atoms with Gasteiger partial charge in [0.05, 0.1) is 0 Å². The number of unbranched alkanes of at least 4 members (excludes halogenated alkanes) is 4. The molecule has 0 radical (unpaired) electrons. The van der Waals surface area contributed by atoms with Gasteiger partial charge in [-0.2, -0.15) is 0 Å². The Bertz CT molecular complexity index is 149. The smallest absolute Gasteiger partial charge is 0.219 e. The molecule has 0 aromatic rings. The Morgan fingerprint density at radius 3 is 2.40 bits per heavy atom. The summed E-state index contributed by atoms with van der Waals surface area (Å²) in [6.45, 7) is 4.06. The fraction of sp³-hybridized carbons (Fsp3) is 0.917. The number of amides is 1. The Morgan fingerprint density at radius 1 is 1.00 bits per heavy atom. The predicted octanol–water partition coefficient (Wildman–Crippen LogP) is 2.07. The van der Waals surface area contributed by atoms with Crippen LogP contribution >= 0.6 is 0 Å². The fourth-order valence-electron chi connectivity index (χ4n) is 1.43. The summed E-state index contributed by atoms with van der Waals surface area (Å²) in [7, 11) is 1.97. The molecule has 0 unspecified atom stereocenters. The Balaban J connectivity index is 3.10. The Labute approximate surface area is 94.0 Å². The molecular formula is C12H26N2O. The SMILES string of the molecule is CCCCNC(=O)CCCCCCNC. The van der Waals surface area contributed by atoms with Crippen molar-refractivity contribution in [2.45, 2.75) is 51.9 Å². The van der Waals surface area contributed by atoms with E-state index in [0.717, 1.165) is 32.4 Å². The predicted molar refractivity (Wildman–Crippen MR) is 64.9 cm³/mol. The second kappa shape index (κ2) is 11.5. The molecule has 0 saturated carbocycles. The van der Waals surface area contributed by atoms with Gasteiger partial charge in [-0.1, -0.05) is 26.2 Å². The summed E-state index contributed by atoms with van der Waals surface area (Å²) in [5.41, 5.74) is 0. The van der Waals surface area contributed by atoms with E-state index in [9.17, 15) is 4.79 Å². The van der Waals surface area contributed by atoms with Crippen LogP contribution in [0.2, 0.25) is 0 Å². The lowest BCUT2D eigenvalue weighted by molar-refractivity contribution is -0.121. The van der Waals surface area contributed by atoms with Crippen molar-refractivity contribution in [1.29, 1.82) is 0 Å². The van der Waals surface area contributed by atoms with E-state index >= 15 is 0 Å². The molecule has 0 heterocycles. The van der Waals surface area contributed by atoms with Crippen molar-refractivity contribution in [1.82, 2.24) is 10.6 Å². The van der Waals surface area contributed by atoms with Gasteiger partial charge in [0.2, 0.25) is 5.91 Å². The second-order valence-corrected chi connectivity index (χ2v) is 3.97. The van der Waals surface area contributed by atoms with Crippen molar-refractivity contribution in [3.05, 3.63) is 0 Å². The summed E-state index contributed by atoms with van der Waals surface area (Å²) in [5, 5.41) is 6.06. The van der Waals surface area contributed by atoms with Gasteiger partial charge < -0.3 is 10.6 Å². The van der Waals surface area contributed by atoms with E-state index in [1.54, 1.807) is 0 Å². The average molecular weight is 214 g/mol. The van der Waals surface area contributed by atoms with Gasteiger partial charge in [-0.25, -0.2) is 0 Å². The molecule has 0 spiro atoms. The number of hydrogen-bond acceptors (Lipinski definition) is 2. The lowest BCUT2D eigenvalue weighted by Crippen LogP contribution is -2.23. The quantitative estimate of drug-likeness (QED) is 0.547. The van der Waals surface area contributed by atoms with Crippen molar-refractivity contribution >= 4 is 5.91 Å². The summed E-state index contributed by atoms with van der Waals surface area (Å²) in [6.07, 6.45) is 7.57. The lowest BCUT2D eigenvalue weighted by Gasteiger charge is -2.04. The number of hydrogen-bond donors (Lipinski definition) is 2. The van der Waals surface area contributed by atoms with Crippen molar-refractivity contribution in [2.75, 3.05) is 20.1 Å². The first-order chi connectivity index (χ1) is 7.31. The van der Waals surface area contributed by atoms with Crippen LogP contribution in [-0.2, 0) is 4.79 Å². The van der Waals surface area contributed by atoms with E-state index < -0.39 is 0 Å².